The number of carbonyl (C=O) groups excluding carboxylic acids is 1. The maximum Gasteiger partial charge on any atom is 0.317 e. The molecule has 2 amide bonds. The average Bonchev–Trinajstić information content (AvgIpc) is 2.55. The molecule has 1 aromatic rings. The molecule has 2 aliphatic rings. The topological polar surface area (TPSA) is 65.5 Å². The molecule has 1 aromatic heterocycles. The lowest BCUT2D eigenvalue weighted by atomic mass is 9.71. The SMILES string of the molecule is Cc1cccnc1CCNC(=O)N1CCC2(O)CCCCC2C1. The third-order valence-electron chi connectivity index (χ3n) is 5.47. The quantitative estimate of drug-likeness (QED) is 0.899. The molecular weight excluding hydrogens is 290 g/mol. The minimum absolute atomic E-state index is 0.00814. The van der Waals surface area contributed by atoms with E-state index in [1.807, 2.05) is 24.0 Å². The Morgan fingerprint density at radius 3 is 3.17 bits per heavy atom. The summed E-state index contributed by atoms with van der Waals surface area (Å²) in [4.78, 5) is 18.6. The highest BCUT2D eigenvalue weighted by atomic mass is 16.3. The van der Waals surface area contributed by atoms with E-state index in [0.29, 0.717) is 26.1 Å². The Kier molecular flexibility index (Phi) is 4.85. The van der Waals surface area contributed by atoms with E-state index in [1.54, 1.807) is 6.20 Å². The van der Waals surface area contributed by atoms with Gasteiger partial charge in [-0.3, -0.25) is 4.98 Å². The number of pyridine rings is 1. The maximum atomic E-state index is 12.4. The molecule has 1 aliphatic heterocycles. The summed E-state index contributed by atoms with van der Waals surface area (Å²) in [6.07, 6.45) is 7.46. The highest BCUT2D eigenvalue weighted by Gasteiger charge is 2.43. The molecule has 0 bridgehead atoms. The van der Waals surface area contributed by atoms with Gasteiger partial charge in [0.15, 0.2) is 0 Å². The lowest BCUT2D eigenvalue weighted by Crippen LogP contribution is -2.56. The van der Waals surface area contributed by atoms with Crippen molar-refractivity contribution in [3.8, 4) is 0 Å². The fraction of sp³-hybridized carbons (Fsp3) is 0.667. The Balaban J connectivity index is 1.48. The number of aromatic nitrogens is 1. The Bertz CT molecular complexity index is 563. The molecule has 2 unspecified atom stereocenters. The largest absolute Gasteiger partial charge is 0.389 e. The summed E-state index contributed by atoms with van der Waals surface area (Å²) in [5, 5.41) is 13.7. The van der Waals surface area contributed by atoms with E-state index in [4.69, 9.17) is 0 Å². The molecule has 0 radical (unpaired) electrons. The van der Waals surface area contributed by atoms with Crippen molar-refractivity contribution >= 4 is 6.03 Å². The van der Waals surface area contributed by atoms with Gasteiger partial charge >= 0.3 is 6.03 Å². The molecule has 2 N–H and O–H groups in total. The number of carbonyl (C=O) groups is 1. The zero-order chi connectivity index (χ0) is 16.3. The summed E-state index contributed by atoms with van der Waals surface area (Å²) < 4.78 is 0. The van der Waals surface area contributed by atoms with Crippen LogP contribution >= 0.6 is 0 Å². The van der Waals surface area contributed by atoms with Gasteiger partial charge in [0, 0.05) is 43.9 Å². The van der Waals surface area contributed by atoms with E-state index < -0.39 is 5.60 Å². The lowest BCUT2D eigenvalue weighted by molar-refractivity contribution is -0.0870. The van der Waals surface area contributed by atoms with E-state index in [-0.39, 0.29) is 11.9 Å². The Morgan fingerprint density at radius 1 is 1.48 bits per heavy atom. The molecule has 5 heteroatoms. The minimum Gasteiger partial charge on any atom is -0.389 e. The molecule has 1 saturated carbocycles. The summed E-state index contributed by atoms with van der Waals surface area (Å²) in [5.41, 5.74) is 1.67. The van der Waals surface area contributed by atoms with Crippen LogP contribution in [0.1, 0.15) is 43.4 Å². The van der Waals surface area contributed by atoms with Crippen LogP contribution in [-0.4, -0.2) is 46.3 Å². The first-order valence-corrected chi connectivity index (χ1v) is 8.74. The monoisotopic (exact) mass is 317 g/mol. The van der Waals surface area contributed by atoms with Crippen LogP contribution in [0.3, 0.4) is 0 Å². The smallest absolute Gasteiger partial charge is 0.317 e. The number of aryl methyl sites for hydroxylation is 1. The van der Waals surface area contributed by atoms with Gasteiger partial charge in [0.1, 0.15) is 0 Å². The van der Waals surface area contributed by atoms with Gasteiger partial charge in [-0.1, -0.05) is 18.9 Å². The van der Waals surface area contributed by atoms with E-state index in [1.165, 1.54) is 6.42 Å². The molecule has 23 heavy (non-hydrogen) atoms. The van der Waals surface area contributed by atoms with Crippen LogP contribution in [0.25, 0.3) is 0 Å². The summed E-state index contributed by atoms with van der Waals surface area (Å²) >= 11 is 0. The van der Waals surface area contributed by atoms with E-state index >= 15 is 0 Å². The van der Waals surface area contributed by atoms with Gasteiger partial charge in [0.05, 0.1) is 5.60 Å². The second kappa shape index (κ2) is 6.87. The first-order valence-electron chi connectivity index (χ1n) is 8.74. The van der Waals surface area contributed by atoms with Crippen molar-refractivity contribution in [3.63, 3.8) is 0 Å². The maximum absolute atomic E-state index is 12.4. The average molecular weight is 317 g/mol. The Labute approximate surface area is 138 Å². The zero-order valence-electron chi connectivity index (χ0n) is 13.9. The van der Waals surface area contributed by atoms with Crippen LogP contribution in [0.5, 0.6) is 0 Å². The van der Waals surface area contributed by atoms with Crippen LogP contribution < -0.4 is 5.32 Å². The fourth-order valence-corrected chi connectivity index (χ4v) is 3.94. The number of likely N-dealkylation sites (tertiary alicyclic amines) is 1. The fourth-order valence-electron chi connectivity index (χ4n) is 3.94. The molecule has 2 fully saturated rings. The van der Waals surface area contributed by atoms with Gasteiger partial charge in [-0.15, -0.1) is 0 Å². The lowest BCUT2D eigenvalue weighted by Gasteiger charge is -2.47. The first-order chi connectivity index (χ1) is 11.1. The van der Waals surface area contributed by atoms with Crippen molar-refractivity contribution in [3.05, 3.63) is 29.6 Å². The zero-order valence-corrected chi connectivity index (χ0v) is 13.9. The van der Waals surface area contributed by atoms with Crippen molar-refractivity contribution in [1.82, 2.24) is 15.2 Å². The molecule has 2 heterocycles. The van der Waals surface area contributed by atoms with Crippen molar-refractivity contribution in [2.45, 2.75) is 51.0 Å². The highest BCUT2D eigenvalue weighted by molar-refractivity contribution is 5.74. The van der Waals surface area contributed by atoms with Crippen LogP contribution in [-0.2, 0) is 6.42 Å². The molecular formula is C18H27N3O2. The van der Waals surface area contributed by atoms with Crippen molar-refractivity contribution < 1.29 is 9.90 Å². The van der Waals surface area contributed by atoms with Gasteiger partial charge < -0.3 is 15.3 Å². The van der Waals surface area contributed by atoms with Gasteiger partial charge in [-0.25, -0.2) is 4.79 Å². The van der Waals surface area contributed by atoms with Gasteiger partial charge in [0.2, 0.25) is 0 Å². The number of aliphatic hydroxyl groups is 1. The molecule has 1 saturated heterocycles. The summed E-state index contributed by atoms with van der Waals surface area (Å²) in [6.45, 7) is 3.98. The second-order valence-electron chi connectivity index (χ2n) is 6.99. The number of urea groups is 1. The van der Waals surface area contributed by atoms with Crippen LogP contribution in [0.4, 0.5) is 4.79 Å². The number of piperidine rings is 1. The Morgan fingerprint density at radius 2 is 2.35 bits per heavy atom. The van der Waals surface area contributed by atoms with Crippen LogP contribution in [0, 0.1) is 12.8 Å². The van der Waals surface area contributed by atoms with Gasteiger partial charge in [-0.2, -0.15) is 0 Å². The molecule has 5 nitrogen and oxygen atoms in total. The molecule has 0 spiro atoms. The summed E-state index contributed by atoms with van der Waals surface area (Å²) in [7, 11) is 0. The predicted molar refractivity (Wildman–Crippen MR) is 89.2 cm³/mol. The molecule has 3 rings (SSSR count). The number of hydrogen-bond acceptors (Lipinski definition) is 3. The van der Waals surface area contributed by atoms with Crippen molar-refractivity contribution in [2.75, 3.05) is 19.6 Å². The van der Waals surface area contributed by atoms with E-state index in [0.717, 1.165) is 36.9 Å². The number of rotatable bonds is 3. The number of nitrogens with zero attached hydrogens (tertiary/aromatic N) is 2. The van der Waals surface area contributed by atoms with E-state index in [9.17, 15) is 9.90 Å². The molecule has 126 valence electrons. The third kappa shape index (κ3) is 3.66. The standard InChI is InChI=1S/C18H27N3O2/c1-14-5-4-10-19-16(14)7-11-20-17(22)21-12-9-18(23)8-3-2-6-15(18)13-21/h4-5,10,15,23H,2-3,6-9,11-13H2,1H3,(H,20,22). The van der Waals surface area contributed by atoms with Crippen molar-refractivity contribution in [2.24, 2.45) is 5.92 Å². The minimum atomic E-state index is -0.528. The molecule has 2 atom stereocenters. The number of hydrogen-bond donors (Lipinski definition) is 2. The normalized spacial score (nSPS) is 27.4. The van der Waals surface area contributed by atoms with Gasteiger partial charge in [-0.05, 0) is 37.8 Å². The molecule has 0 aromatic carbocycles. The summed E-state index contributed by atoms with van der Waals surface area (Å²) in [5.74, 6) is 0.244. The van der Waals surface area contributed by atoms with Crippen molar-refractivity contribution in [1.29, 1.82) is 0 Å². The molecule has 1 aliphatic carbocycles. The second-order valence-corrected chi connectivity index (χ2v) is 6.99. The number of nitrogens with one attached hydrogen (secondary N) is 1. The van der Waals surface area contributed by atoms with Crippen LogP contribution in [0.15, 0.2) is 18.3 Å². The number of amides is 2. The predicted octanol–water partition coefficient (Wildman–Crippen LogP) is 2.27. The Hall–Kier alpha value is -1.62. The van der Waals surface area contributed by atoms with E-state index in [2.05, 4.69) is 10.3 Å². The third-order valence-corrected chi connectivity index (χ3v) is 5.47. The number of fused-ring (bicyclic) bond motifs is 1. The summed E-state index contributed by atoms with van der Waals surface area (Å²) in [6, 6.07) is 3.96. The first kappa shape index (κ1) is 16.2. The van der Waals surface area contributed by atoms with Gasteiger partial charge in [0.25, 0.3) is 0 Å². The highest BCUT2D eigenvalue weighted by Crippen LogP contribution is 2.39. The van der Waals surface area contributed by atoms with Crippen LogP contribution in [0.2, 0.25) is 0 Å².